The smallest absolute Gasteiger partial charge is 0.0951 e. The van der Waals surface area contributed by atoms with Crippen molar-refractivity contribution in [2.75, 3.05) is 0 Å². The second-order valence-electron chi connectivity index (χ2n) is 3.24. The average Bonchev–Trinajstić information content (AvgIpc) is 2.69. The molecule has 1 aromatic heterocycles. The maximum Gasteiger partial charge on any atom is 0.0951 e. The van der Waals surface area contributed by atoms with E-state index in [0.29, 0.717) is 5.88 Å². The third-order valence-electron chi connectivity index (χ3n) is 2.23. The normalized spacial score (nSPS) is 10.5. The molecule has 1 heterocycles. The zero-order valence-corrected chi connectivity index (χ0v) is 10.4. The number of alkyl halides is 1. The molecule has 0 saturated carbocycles. The van der Waals surface area contributed by atoms with E-state index in [1.165, 1.54) is 5.56 Å². The van der Waals surface area contributed by atoms with Crippen molar-refractivity contribution in [3.63, 3.8) is 0 Å². The van der Waals surface area contributed by atoms with Gasteiger partial charge in [0.05, 0.1) is 17.9 Å². The fourth-order valence-electron chi connectivity index (χ4n) is 1.41. The van der Waals surface area contributed by atoms with Crippen LogP contribution in [0.2, 0.25) is 0 Å². The highest BCUT2D eigenvalue weighted by Gasteiger charge is 2.03. The Morgan fingerprint density at radius 1 is 1.33 bits per heavy atom. The van der Waals surface area contributed by atoms with E-state index in [2.05, 4.69) is 27.0 Å². The lowest BCUT2D eigenvalue weighted by Gasteiger charge is -2.07. The fourth-order valence-corrected chi connectivity index (χ4v) is 2.04. The second-order valence-corrected chi connectivity index (χ2v) is 4.36. The summed E-state index contributed by atoms with van der Waals surface area (Å²) in [7, 11) is 0. The second kappa shape index (κ2) is 4.81. The Balaban J connectivity index is 2.26. The number of aromatic nitrogens is 2. The predicted molar refractivity (Wildman–Crippen MR) is 65.0 cm³/mol. The van der Waals surface area contributed by atoms with Crippen LogP contribution in [0.15, 0.2) is 41.3 Å². The number of nitrogens with zero attached hydrogens (tertiary/aromatic N) is 2. The molecule has 0 N–H and O–H groups in total. The van der Waals surface area contributed by atoms with Gasteiger partial charge in [0.1, 0.15) is 0 Å². The summed E-state index contributed by atoms with van der Waals surface area (Å²) in [6.45, 7) is 0.795. The van der Waals surface area contributed by atoms with Gasteiger partial charge in [-0.05, 0) is 11.6 Å². The number of halogens is 2. The molecule has 0 fully saturated rings. The molecular weight excluding hydrogens is 275 g/mol. The van der Waals surface area contributed by atoms with Crippen molar-refractivity contribution in [2.45, 2.75) is 12.4 Å². The maximum atomic E-state index is 5.81. The number of hydrogen-bond acceptors (Lipinski definition) is 1. The van der Waals surface area contributed by atoms with Crippen LogP contribution in [0, 0.1) is 0 Å². The van der Waals surface area contributed by atoms with Gasteiger partial charge >= 0.3 is 0 Å². The molecule has 2 aromatic rings. The molecule has 15 heavy (non-hydrogen) atoms. The molecule has 0 aliphatic rings. The van der Waals surface area contributed by atoms with E-state index < -0.39 is 0 Å². The van der Waals surface area contributed by atoms with Crippen LogP contribution in [0.25, 0.3) is 0 Å². The summed E-state index contributed by atoms with van der Waals surface area (Å²) in [5.74, 6) is 0.491. The molecule has 0 amide bonds. The van der Waals surface area contributed by atoms with Gasteiger partial charge in [-0.25, -0.2) is 4.98 Å². The molecular formula is C11H10BrClN2. The first-order valence-corrected chi connectivity index (χ1v) is 5.92. The Kier molecular flexibility index (Phi) is 3.44. The summed E-state index contributed by atoms with van der Waals surface area (Å²) in [4.78, 5) is 4.08. The van der Waals surface area contributed by atoms with Crippen LogP contribution >= 0.6 is 27.5 Å². The van der Waals surface area contributed by atoms with Gasteiger partial charge in [0.2, 0.25) is 0 Å². The SMILES string of the molecule is ClCc1cncn1Cc1ccccc1Br. The highest BCUT2D eigenvalue weighted by Crippen LogP contribution is 2.18. The lowest BCUT2D eigenvalue weighted by Crippen LogP contribution is -2.02. The minimum Gasteiger partial charge on any atom is -0.329 e. The summed E-state index contributed by atoms with van der Waals surface area (Å²) in [5.41, 5.74) is 2.26. The van der Waals surface area contributed by atoms with Crippen molar-refractivity contribution in [1.29, 1.82) is 0 Å². The van der Waals surface area contributed by atoms with Gasteiger partial charge in [-0.3, -0.25) is 0 Å². The quantitative estimate of drug-likeness (QED) is 0.790. The number of imidazole rings is 1. The summed E-state index contributed by atoms with van der Waals surface area (Å²) in [6, 6.07) is 8.15. The van der Waals surface area contributed by atoms with E-state index in [9.17, 15) is 0 Å². The lowest BCUT2D eigenvalue weighted by atomic mass is 10.2. The molecule has 0 unspecified atom stereocenters. The Morgan fingerprint density at radius 2 is 2.13 bits per heavy atom. The van der Waals surface area contributed by atoms with Gasteiger partial charge in [0.15, 0.2) is 0 Å². The maximum absolute atomic E-state index is 5.81. The Labute approximate surface area is 102 Å². The van der Waals surface area contributed by atoms with Gasteiger partial charge in [-0.1, -0.05) is 34.1 Å². The molecule has 0 radical (unpaired) electrons. The van der Waals surface area contributed by atoms with Crippen molar-refractivity contribution in [3.8, 4) is 0 Å². The Bertz CT molecular complexity index is 453. The van der Waals surface area contributed by atoms with Crippen molar-refractivity contribution >= 4 is 27.5 Å². The zero-order valence-electron chi connectivity index (χ0n) is 8.03. The van der Waals surface area contributed by atoms with Gasteiger partial charge < -0.3 is 4.57 Å². The van der Waals surface area contributed by atoms with E-state index >= 15 is 0 Å². The third kappa shape index (κ3) is 2.41. The van der Waals surface area contributed by atoms with E-state index in [1.54, 1.807) is 12.5 Å². The van der Waals surface area contributed by atoms with Gasteiger partial charge in [0.25, 0.3) is 0 Å². The summed E-state index contributed by atoms with van der Waals surface area (Å²) in [6.07, 6.45) is 3.60. The van der Waals surface area contributed by atoms with Crippen LogP contribution in [-0.2, 0) is 12.4 Å². The monoisotopic (exact) mass is 284 g/mol. The molecule has 2 rings (SSSR count). The Morgan fingerprint density at radius 3 is 2.87 bits per heavy atom. The molecule has 0 aliphatic carbocycles. The van der Waals surface area contributed by atoms with Crippen LogP contribution in [0.4, 0.5) is 0 Å². The zero-order chi connectivity index (χ0) is 10.7. The minimum atomic E-state index is 0.491. The van der Waals surface area contributed by atoms with Crippen LogP contribution < -0.4 is 0 Å². The van der Waals surface area contributed by atoms with Crippen LogP contribution in [0.1, 0.15) is 11.3 Å². The largest absolute Gasteiger partial charge is 0.329 e. The highest BCUT2D eigenvalue weighted by atomic mass is 79.9. The highest BCUT2D eigenvalue weighted by molar-refractivity contribution is 9.10. The summed E-state index contributed by atoms with van der Waals surface area (Å²) < 4.78 is 3.16. The van der Waals surface area contributed by atoms with Gasteiger partial charge in [-0.2, -0.15) is 0 Å². The lowest BCUT2D eigenvalue weighted by molar-refractivity contribution is 0.762. The number of hydrogen-bond donors (Lipinski definition) is 0. The fraction of sp³-hybridized carbons (Fsp3) is 0.182. The van der Waals surface area contributed by atoms with E-state index in [1.807, 2.05) is 22.8 Å². The van der Waals surface area contributed by atoms with Gasteiger partial charge in [0, 0.05) is 17.2 Å². The van der Waals surface area contributed by atoms with E-state index in [0.717, 1.165) is 16.7 Å². The molecule has 78 valence electrons. The minimum absolute atomic E-state index is 0.491. The molecule has 0 saturated heterocycles. The first-order valence-electron chi connectivity index (χ1n) is 4.59. The molecule has 0 spiro atoms. The van der Waals surface area contributed by atoms with Crippen molar-refractivity contribution < 1.29 is 0 Å². The molecule has 0 aliphatic heterocycles. The summed E-state index contributed by atoms with van der Waals surface area (Å²) >= 11 is 9.33. The standard InChI is InChI=1S/C11H10BrClN2/c12-11-4-2-1-3-9(11)7-15-8-14-6-10(15)5-13/h1-4,6,8H,5,7H2. The third-order valence-corrected chi connectivity index (χ3v) is 3.28. The average molecular weight is 286 g/mol. The molecule has 1 aromatic carbocycles. The van der Waals surface area contributed by atoms with Gasteiger partial charge in [-0.15, -0.1) is 11.6 Å². The predicted octanol–water partition coefficient (Wildman–Crippen LogP) is 3.43. The first-order chi connectivity index (χ1) is 7.31. The van der Waals surface area contributed by atoms with Crippen molar-refractivity contribution in [1.82, 2.24) is 9.55 Å². The Hall–Kier alpha value is -0.800. The first kappa shape index (κ1) is 10.7. The van der Waals surface area contributed by atoms with Crippen LogP contribution in [0.3, 0.4) is 0 Å². The molecule has 0 bridgehead atoms. The van der Waals surface area contributed by atoms with Crippen molar-refractivity contribution in [2.24, 2.45) is 0 Å². The van der Waals surface area contributed by atoms with Crippen LogP contribution in [0.5, 0.6) is 0 Å². The van der Waals surface area contributed by atoms with E-state index in [-0.39, 0.29) is 0 Å². The van der Waals surface area contributed by atoms with E-state index in [4.69, 9.17) is 11.6 Å². The van der Waals surface area contributed by atoms with Crippen LogP contribution in [-0.4, -0.2) is 9.55 Å². The molecule has 0 atom stereocenters. The molecule has 4 heteroatoms. The molecule has 2 nitrogen and oxygen atoms in total. The van der Waals surface area contributed by atoms with Crippen molar-refractivity contribution in [3.05, 3.63) is 52.5 Å². The topological polar surface area (TPSA) is 17.8 Å². The summed E-state index contributed by atoms with van der Waals surface area (Å²) in [5, 5.41) is 0. The number of rotatable bonds is 3. The number of benzene rings is 1.